The third-order valence-corrected chi connectivity index (χ3v) is 4.49. The number of carbonyl (C=O) groups excluding carboxylic acids is 1. The number of nitrogens with zero attached hydrogens (tertiary/aromatic N) is 4. The molecule has 0 amide bonds. The average molecular weight is 380 g/mol. The Morgan fingerprint density at radius 3 is 3.09 bits per heavy atom. The molecular weight excluding hydrogens is 366 g/mol. The number of ether oxygens (including phenoxy) is 2. The van der Waals surface area contributed by atoms with Crippen molar-refractivity contribution in [3.63, 3.8) is 0 Å². The van der Waals surface area contributed by atoms with Gasteiger partial charge in [0.15, 0.2) is 0 Å². The molecule has 2 aromatic rings. The summed E-state index contributed by atoms with van der Waals surface area (Å²) < 4.78 is 13.3. The van der Waals surface area contributed by atoms with Crippen LogP contribution in [0.3, 0.4) is 0 Å². The topological polar surface area (TPSA) is 116 Å². The van der Waals surface area contributed by atoms with Crippen LogP contribution in [-0.4, -0.2) is 33.2 Å². The van der Waals surface area contributed by atoms with E-state index in [4.69, 9.17) is 15.2 Å². The molecule has 120 valence electrons. The quantitative estimate of drug-likeness (QED) is 0.809. The molecule has 2 aromatic heterocycles. The van der Waals surface area contributed by atoms with Gasteiger partial charge < -0.3 is 15.2 Å². The summed E-state index contributed by atoms with van der Waals surface area (Å²) in [6.45, 7) is 1.58. The van der Waals surface area contributed by atoms with Crippen molar-refractivity contribution in [2.24, 2.45) is 0 Å². The van der Waals surface area contributed by atoms with Crippen molar-refractivity contribution < 1.29 is 14.3 Å². The minimum atomic E-state index is -0.336. The first-order chi connectivity index (χ1) is 11.0. The van der Waals surface area contributed by atoms with Crippen LogP contribution < -0.4 is 5.73 Å². The van der Waals surface area contributed by atoms with Gasteiger partial charge >= 0.3 is 5.97 Å². The first-order valence-electron chi connectivity index (χ1n) is 7.01. The molecule has 23 heavy (non-hydrogen) atoms. The van der Waals surface area contributed by atoms with E-state index in [1.165, 1.54) is 13.3 Å². The summed E-state index contributed by atoms with van der Waals surface area (Å²) in [6, 6.07) is 2.12. The molecule has 8 nitrogen and oxygen atoms in total. The zero-order valence-corrected chi connectivity index (χ0v) is 13.9. The molecule has 3 heterocycles. The van der Waals surface area contributed by atoms with Gasteiger partial charge in [0, 0.05) is 6.92 Å². The number of halogens is 1. The number of hydrogen-bond donors (Lipinski definition) is 1. The molecule has 0 bridgehead atoms. The second-order valence-electron chi connectivity index (χ2n) is 5.20. The maximum atomic E-state index is 10.9. The molecule has 0 radical (unpaired) electrons. The molecule has 1 saturated heterocycles. The van der Waals surface area contributed by atoms with Crippen LogP contribution >= 0.6 is 15.9 Å². The van der Waals surface area contributed by atoms with Crippen LogP contribution in [0.15, 0.2) is 10.9 Å². The van der Waals surface area contributed by atoms with Gasteiger partial charge in [-0.2, -0.15) is 5.26 Å². The Balaban J connectivity index is 1.95. The Kier molecular flexibility index (Phi) is 4.19. The Labute approximate surface area is 140 Å². The van der Waals surface area contributed by atoms with Gasteiger partial charge in [-0.3, -0.25) is 9.36 Å². The van der Waals surface area contributed by atoms with E-state index in [1.54, 1.807) is 4.57 Å². The number of anilines is 1. The van der Waals surface area contributed by atoms with Crippen LogP contribution in [0, 0.1) is 11.3 Å². The second kappa shape index (κ2) is 6.14. The van der Waals surface area contributed by atoms with Crippen LogP contribution in [0.4, 0.5) is 5.82 Å². The Hall–Kier alpha value is -2.18. The highest BCUT2D eigenvalue weighted by Gasteiger charge is 2.32. The van der Waals surface area contributed by atoms with Gasteiger partial charge in [0.2, 0.25) is 0 Å². The van der Waals surface area contributed by atoms with E-state index < -0.39 is 0 Å². The number of nitrogens with two attached hydrogens (primary N) is 1. The van der Waals surface area contributed by atoms with Crippen molar-refractivity contribution in [3.8, 4) is 6.07 Å². The second-order valence-corrected chi connectivity index (χ2v) is 5.95. The first kappa shape index (κ1) is 15.7. The maximum absolute atomic E-state index is 10.9. The molecular formula is C14H14BrN5O3. The van der Waals surface area contributed by atoms with Gasteiger partial charge in [0.05, 0.1) is 17.1 Å². The summed E-state index contributed by atoms with van der Waals surface area (Å²) in [6.07, 6.45) is 2.31. The zero-order chi connectivity index (χ0) is 16.6. The highest BCUT2D eigenvalue weighted by Crippen LogP contribution is 2.38. The first-order valence-corrected chi connectivity index (χ1v) is 7.81. The summed E-state index contributed by atoms with van der Waals surface area (Å²) in [7, 11) is 0. The molecule has 2 atom stereocenters. The van der Waals surface area contributed by atoms with Crippen molar-refractivity contribution in [3.05, 3.63) is 16.5 Å². The highest BCUT2D eigenvalue weighted by atomic mass is 79.9. The normalized spacial score (nSPS) is 20.6. The summed E-state index contributed by atoms with van der Waals surface area (Å²) in [4.78, 5) is 19.1. The number of carbonyl (C=O) groups is 1. The van der Waals surface area contributed by atoms with Gasteiger partial charge in [-0.05, 0) is 28.8 Å². The van der Waals surface area contributed by atoms with E-state index in [-0.39, 0.29) is 30.7 Å². The molecule has 0 aliphatic carbocycles. The SMILES string of the molecule is CC(=O)OC[C@@H]1CC[C@H](n2c(Br)c(C#N)c3c(N)ncnc32)O1. The summed E-state index contributed by atoms with van der Waals surface area (Å²) >= 11 is 3.43. The fraction of sp³-hybridized carbons (Fsp3) is 0.429. The van der Waals surface area contributed by atoms with E-state index in [2.05, 4.69) is 32.0 Å². The van der Waals surface area contributed by atoms with E-state index in [1.807, 2.05) is 0 Å². The predicted molar refractivity (Wildman–Crippen MR) is 84.1 cm³/mol. The lowest BCUT2D eigenvalue weighted by Gasteiger charge is -2.16. The van der Waals surface area contributed by atoms with E-state index in [9.17, 15) is 10.1 Å². The largest absolute Gasteiger partial charge is 0.463 e. The Bertz CT molecular complexity index is 813. The fourth-order valence-corrected chi connectivity index (χ4v) is 3.39. The number of rotatable bonds is 3. The van der Waals surface area contributed by atoms with E-state index >= 15 is 0 Å². The number of nitrogen functional groups attached to an aromatic ring is 1. The highest BCUT2D eigenvalue weighted by molar-refractivity contribution is 9.10. The van der Waals surface area contributed by atoms with Crippen LogP contribution in [0.5, 0.6) is 0 Å². The van der Waals surface area contributed by atoms with Crippen LogP contribution in [0.1, 0.15) is 31.6 Å². The molecule has 1 aliphatic heterocycles. The number of nitriles is 1. The summed E-state index contributed by atoms with van der Waals surface area (Å²) in [5.41, 5.74) is 6.81. The molecule has 0 aromatic carbocycles. The van der Waals surface area contributed by atoms with Crippen LogP contribution in [0.25, 0.3) is 11.0 Å². The molecule has 9 heteroatoms. The standard InChI is InChI=1S/C14H14BrN5O3/c1-7(21)22-5-8-2-3-10(23-8)20-12(15)9(4-16)11-13(17)18-6-19-14(11)20/h6,8,10H,2-3,5H2,1H3,(H2,17,18,19)/t8-,10+/m0/s1. The molecule has 0 saturated carbocycles. The van der Waals surface area contributed by atoms with Crippen molar-refractivity contribution in [2.45, 2.75) is 32.1 Å². The van der Waals surface area contributed by atoms with Gasteiger partial charge in [-0.1, -0.05) is 0 Å². The summed E-state index contributed by atoms with van der Waals surface area (Å²) in [5.74, 6) is -0.0858. The van der Waals surface area contributed by atoms with Crippen molar-refractivity contribution >= 4 is 38.8 Å². The van der Waals surface area contributed by atoms with Crippen molar-refractivity contribution in [1.29, 1.82) is 5.26 Å². The Morgan fingerprint density at radius 2 is 2.39 bits per heavy atom. The number of hydrogen-bond acceptors (Lipinski definition) is 7. The molecule has 2 N–H and O–H groups in total. The van der Waals surface area contributed by atoms with Gasteiger partial charge in [0.1, 0.15) is 41.3 Å². The van der Waals surface area contributed by atoms with Crippen LogP contribution in [0.2, 0.25) is 0 Å². The molecule has 1 aliphatic rings. The maximum Gasteiger partial charge on any atom is 0.302 e. The molecule has 0 spiro atoms. The Morgan fingerprint density at radius 1 is 1.61 bits per heavy atom. The minimum absolute atomic E-state index is 0.182. The van der Waals surface area contributed by atoms with Crippen molar-refractivity contribution in [2.75, 3.05) is 12.3 Å². The molecule has 1 fully saturated rings. The number of fused-ring (bicyclic) bond motifs is 1. The lowest BCUT2D eigenvalue weighted by molar-refractivity contribution is -0.145. The number of esters is 1. The van der Waals surface area contributed by atoms with Gasteiger partial charge in [0.25, 0.3) is 0 Å². The van der Waals surface area contributed by atoms with E-state index in [0.29, 0.717) is 27.6 Å². The zero-order valence-electron chi connectivity index (χ0n) is 12.3. The van der Waals surface area contributed by atoms with Gasteiger partial charge in [-0.15, -0.1) is 0 Å². The average Bonchev–Trinajstić information content (AvgIpc) is 3.07. The molecule has 3 rings (SSSR count). The predicted octanol–water partition coefficient (Wildman–Crippen LogP) is 1.89. The monoisotopic (exact) mass is 379 g/mol. The number of aromatic nitrogens is 3. The molecule has 0 unspecified atom stereocenters. The van der Waals surface area contributed by atoms with Gasteiger partial charge in [-0.25, -0.2) is 9.97 Å². The lowest BCUT2D eigenvalue weighted by Crippen LogP contribution is -2.18. The van der Waals surface area contributed by atoms with E-state index in [0.717, 1.165) is 6.42 Å². The fourth-order valence-electron chi connectivity index (χ4n) is 2.70. The smallest absolute Gasteiger partial charge is 0.302 e. The van der Waals surface area contributed by atoms with Crippen molar-refractivity contribution in [1.82, 2.24) is 14.5 Å². The van der Waals surface area contributed by atoms with Crippen LogP contribution in [-0.2, 0) is 14.3 Å². The third kappa shape index (κ3) is 2.75. The lowest BCUT2D eigenvalue weighted by atomic mass is 10.2. The minimum Gasteiger partial charge on any atom is -0.463 e. The summed E-state index contributed by atoms with van der Waals surface area (Å²) in [5, 5.41) is 9.90. The third-order valence-electron chi connectivity index (χ3n) is 3.71.